The number of halogens is 1. The summed E-state index contributed by atoms with van der Waals surface area (Å²) in [6, 6.07) is 1.28. The van der Waals surface area contributed by atoms with Gasteiger partial charge in [0, 0.05) is 6.20 Å². The minimum Gasteiger partial charge on any atom is -0.326 e. The molecule has 0 unspecified atom stereocenters. The standard InChI is InChI=1S/C9H12FNO/c1-9(2,3)6-4-7(10)8(12)11-5-6/h4-5H,1-3H3,(H,11,12). The lowest BCUT2D eigenvalue weighted by Crippen LogP contribution is -2.17. The summed E-state index contributed by atoms with van der Waals surface area (Å²) in [5, 5.41) is 0. The second-order valence-corrected chi connectivity index (χ2v) is 3.82. The van der Waals surface area contributed by atoms with Crippen molar-refractivity contribution in [3.05, 3.63) is 34.0 Å². The molecule has 12 heavy (non-hydrogen) atoms. The highest BCUT2D eigenvalue weighted by Gasteiger charge is 2.14. The zero-order valence-electron chi connectivity index (χ0n) is 7.44. The Labute approximate surface area is 70.4 Å². The Morgan fingerprint density at radius 3 is 2.42 bits per heavy atom. The normalized spacial score (nSPS) is 11.7. The van der Waals surface area contributed by atoms with Crippen molar-refractivity contribution in [2.24, 2.45) is 0 Å². The Kier molecular flexibility index (Phi) is 2.04. The van der Waals surface area contributed by atoms with Crippen molar-refractivity contribution in [2.75, 3.05) is 0 Å². The van der Waals surface area contributed by atoms with E-state index in [0.29, 0.717) is 0 Å². The van der Waals surface area contributed by atoms with Crippen LogP contribution in [-0.2, 0) is 5.41 Å². The predicted molar refractivity (Wildman–Crippen MR) is 45.7 cm³/mol. The lowest BCUT2D eigenvalue weighted by Gasteiger charge is -2.17. The van der Waals surface area contributed by atoms with Gasteiger partial charge in [0.15, 0.2) is 5.82 Å². The van der Waals surface area contributed by atoms with Crippen LogP contribution in [0.5, 0.6) is 0 Å². The van der Waals surface area contributed by atoms with Gasteiger partial charge in [0.2, 0.25) is 0 Å². The Morgan fingerprint density at radius 1 is 1.42 bits per heavy atom. The van der Waals surface area contributed by atoms with Crippen LogP contribution in [0.25, 0.3) is 0 Å². The molecule has 0 amide bonds. The third kappa shape index (κ3) is 1.72. The van der Waals surface area contributed by atoms with E-state index in [0.717, 1.165) is 5.56 Å². The number of pyridine rings is 1. The Bertz CT molecular complexity index is 335. The number of aromatic amines is 1. The number of hydrogen-bond acceptors (Lipinski definition) is 1. The van der Waals surface area contributed by atoms with Crippen LogP contribution < -0.4 is 5.56 Å². The summed E-state index contributed by atoms with van der Waals surface area (Å²) in [4.78, 5) is 13.0. The fourth-order valence-electron chi connectivity index (χ4n) is 0.889. The second-order valence-electron chi connectivity index (χ2n) is 3.82. The molecule has 0 aromatic carbocycles. The number of H-pyrrole nitrogens is 1. The first kappa shape index (κ1) is 8.97. The lowest BCUT2D eigenvalue weighted by atomic mass is 9.88. The molecule has 1 aromatic heterocycles. The average molecular weight is 169 g/mol. The van der Waals surface area contributed by atoms with Crippen LogP contribution >= 0.6 is 0 Å². The molecule has 3 heteroatoms. The number of aromatic nitrogens is 1. The third-order valence-corrected chi connectivity index (χ3v) is 1.72. The summed E-state index contributed by atoms with van der Waals surface area (Å²) >= 11 is 0. The van der Waals surface area contributed by atoms with Crippen LogP contribution in [0, 0.1) is 5.82 Å². The Balaban J connectivity index is 3.23. The van der Waals surface area contributed by atoms with E-state index in [-0.39, 0.29) is 5.41 Å². The molecule has 1 aromatic rings. The van der Waals surface area contributed by atoms with E-state index in [2.05, 4.69) is 4.98 Å². The first-order valence-corrected chi connectivity index (χ1v) is 3.80. The second kappa shape index (κ2) is 2.73. The van der Waals surface area contributed by atoms with Crippen molar-refractivity contribution in [1.29, 1.82) is 0 Å². The average Bonchev–Trinajstić information content (AvgIpc) is 1.92. The molecule has 1 heterocycles. The summed E-state index contributed by atoms with van der Waals surface area (Å²) in [5.74, 6) is -0.720. The zero-order chi connectivity index (χ0) is 9.35. The molecule has 0 saturated heterocycles. The summed E-state index contributed by atoms with van der Waals surface area (Å²) in [6.07, 6.45) is 1.55. The molecule has 0 fully saturated rings. The van der Waals surface area contributed by atoms with E-state index >= 15 is 0 Å². The summed E-state index contributed by atoms with van der Waals surface area (Å²) < 4.78 is 12.8. The first-order valence-electron chi connectivity index (χ1n) is 3.80. The van der Waals surface area contributed by atoms with Crippen LogP contribution in [-0.4, -0.2) is 4.98 Å². The van der Waals surface area contributed by atoms with Gasteiger partial charge in [-0.1, -0.05) is 20.8 Å². The summed E-state index contributed by atoms with van der Waals surface area (Å²) in [7, 11) is 0. The molecule has 1 rings (SSSR count). The monoisotopic (exact) mass is 169 g/mol. The molecule has 0 radical (unpaired) electrons. The van der Waals surface area contributed by atoms with Crippen molar-refractivity contribution in [2.45, 2.75) is 26.2 Å². The van der Waals surface area contributed by atoms with E-state index < -0.39 is 11.4 Å². The highest BCUT2D eigenvalue weighted by molar-refractivity contribution is 5.18. The number of hydrogen-bond donors (Lipinski definition) is 1. The molecule has 0 aliphatic heterocycles. The van der Waals surface area contributed by atoms with E-state index in [9.17, 15) is 9.18 Å². The van der Waals surface area contributed by atoms with Crippen LogP contribution in [0.15, 0.2) is 17.1 Å². The summed E-state index contributed by atoms with van der Waals surface area (Å²) in [6.45, 7) is 5.88. The molecule has 0 atom stereocenters. The van der Waals surface area contributed by atoms with Gasteiger partial charge in [0.25, 0.3) is 5.56 Å². The van der Waals surface area contributed by atoms with Gasteiger partial charge in [-0.25, -0.2) is 4.39 Å². The molecule has 2 nitrogen and oxygen atoms in total. The highest BCUT2D eigenvalue weighted by atomic mass is 19.1. The van der Waals surface area contributed by atoms with Crippen LogP contribution in [0.1, 0.15) is 26.3 Å². The van der Waals surface area contributed by atoms with Crippen molar-refractivity contribution >= 4 is 0 Å². The minimum atomic E-state index is -0.720. The largest absolute Gasteiger partial charge is 0.326 e. The van der Waals surface area contributed by atoms with E-state index in [4.69, 9.17) is 0 Å². The van der Waals surface area contributed by atoms with Crippen molar-refractivity contribution in [1.82, 2.24) is 4.98 Å². The lowest BCUT2D eigenvalue weighted by molar-refractivity contribution is 0.560. The van der Waals surface area contributed by atoms with Gasteiger partial charge >= 0.3 is 0 Å². The van der Waals surface area contributed by atoms with E-state index in [1.54, 1.807) is 6.20 Å². The fourth-order valence-corrected chi connectivity index (χ4v) is 0.889. The van der Waals surface area contributed by atoms with Crippen LogP contribution in [0.3, 0.4) is 0 Å². The van der Waals surface area contributed by atoms with E-state index in [1.165, 1.54) is 6.07 Å². The molecular weight excluding hydrogens is 157 g/mol. The van der Waals surface area contributed by atoms with Gasteiger partial charge in [-0.2, -0.15) is 0 Å². The smallest absolute Gasteiger partial charge is 0.283 e. The first-order chi connectivity index (χ1) is 5.41. The number of nitrogens with one attached hydrogen (secondary N) is 1. The molecule has 0 saturated carbocycles. The maximum Gasteiger partial charge on any atom is 0.283 e. The van der Waals surface area contributed by atoms with Gasteiger partial charge in [0.1, 0.15) is 0 Å². The van der Waals surface area contributed by atoms with Gasteiger partial charge in [-0.05, 0) is 17.0 Å². The van der Waals surface area contributed by atoms with Gasteiger partial charge in [-0.3, -0.25) is 4.79 Å². The third-order valence-electron chi connectivity index (χ3n) is 1.72. The molecule has 0 spiro atoms. The Morgan fingerprint density at radius 2 is 2.00 bits per heavy atom. The van der Waals surface area contributed by atoms with Crippen molar-refractivity contribution in [3.63, 3.8) is 0 Å². The SMILES string of the molecule is CC(C)(C)c1c[nH]c(=O)c(F)c1. The van der Waals surface area contributed by atoms with E-state index in [1.807, 2.05) is 20.8 Å². The molecule has 0 aliphatic carbocycles. The zero-order valence-corrected chi connectivity index (χ0v) is 7.44. The van der Waals surface area contributed by atoms with Gasteiger partial charge in [0.05, 0.1) is 0 Å². The van der Waals surface area contributed by atoms with Crippen LogP contribution in [0.4, 0.5) is 4.39 Å². The van der Waals surface area contributed by atoms with Crippen molar-refractivity contribution < 1.29 is 4.39 Å². The predicted octanol–water partition coefficient (Wildman–Crippen LogP) is 1.81. The molecule has 1 N–H and O–H groups in total. The maximum atomic E-state index is 12.8. The summed E-state index contributed by atoms with van der Waals surface area (Å²) in [5.41, 5.74) is -0.00648. The quantitative estimate of drug-likeness (QED) is 0.631. The molecular formula is C9H12FNO. The molecule has 0 bridgehead atoms. The van der Waals surface area contributed by atoms with Gasteiger partial charge in [-0.15, -0.1) is 0 Å². The maximum absolute atomic E-state index is 12.8. The number of rotatable bonds is 0. The topological polar surface area (TPSA) is 32.9 Å². The fraction of sp³-hybridized carbons (Fsp3) is 0.444. The van der Waals surface area contributed by atoms with Crippen molar-refractivity contribution in [3.8, 4) is 0 Å². The van der Waals surface area contributed by atoms with Crippen LogP contribution in [0.2, 0.25) is 0 Å². The highest BCUT2D eigenvalue weighted by Crippen LogP contribution is 2.20. The molecule has 66 valence electrons. The Hall–Kier alpha value is -1.12. The minimum absolute atomic E-state index is 0.134. The van der Waals surface area contributed by atoms with Gasteiger partial charge < -0.3 is 4.98 Å². The molecule has 0 aliphatic rings.